The molecule has 29 heavy (non-hydrogen) atoms. The zero-order chi connectivity index (χ0) is 19.7. The van der Waals surface area contributed by atoms with Crippen molar-refractivity contribution in [2.45, 2.75) is 24.6 Å². The average molecular weight is 426 g/mol. The van der Waals surface area contributed by atoms with Crippen molar-refractivity contribution in [3.8, 4) is 0 Å². The first-order valence-electron chi connectivity index (χ1n) is 9.82. The fraction of sp³-hybridized carbons (Fsp3) is 0.364. The Labute approximate surface area is 178 Å². The normalized spacial score (nSPS) is 25.2. The molecule has 2 atom stereocenters. The van der Waals surface area contributed by atoms with Gasteiger partial charge >= 0.3 is 0 Å². The van der Waals surface area contributed by atoms with Gasteiger partial charge in [0.15, 0.2) is 5.60 Å². The molecule has 0 bridgehead atoms. The molecule has 2 saturated heterocycles. The topological polar surface area (TPSA) is 45.7 Å². The SMILES string of the molecule is O=C1N(Cc2ccsc2)CCO[C@@]12CN(Cc1ccsc1)C[C@@H]2c1cccnc1. The lowest BCUT2D eigenvalue weighted by atomic mass is 9.83. The van der Waals surface area contributed by atoms with Gasteiger partial charge in [-0.05, 0) is 56.4 Å². The summed E-state index contributed by atoms with van der Waals surface area (Å²) in [4.78, 5) is 22.4. The van der Waals surface area contributed by atoms with Crippen LogP contribution in [0.25, 0.3) is 0 Å². The molecule has 5 rings (SSSR count). The summed E-state index contributed by atoms with van der Waals surface area (Å²) in [5, 5.41) is 8.46. The number of amides is 1. The Morgan fingerprint density at radius 3 is 2.62 bits per heavy atom. The molecule has 1 amide bonds. The molecule has 0 saturated carbocycles. The quantitative estimate of drug-likeness (QED) is 0.627. The van der Waals surface area contributed by atoms with Gasteiger partial charge in [-0.25, -0.2) is 0 Å². The second-order valence-electron chi connectivity index (χ2n) is 7.74. The molecule has 2 aliphatic rings. The molecule has 1 spiro atoms. The lowest BCUT2D eigenvalue weighted by Crippen LogP contribution is -2.59. The molecule has 0 unspecified atom stereocenters. The predicted octanol–water partition coefficient (Wildman–Crippen LogP) is 3.60. The molecule has 2 fully saturated rings. The fourth-order valence-electron chi connectivity index (χ4n) is 4.52. The molecular weight excluding hydrogens is 402 g/mol. The molecule has 2 aliphatic heterocycles. The Balaban J connectivity index is 1.45. The highest BCUT2D eigenvalue weighted by Crippen LogP contribution is 2.42. The van der Waals surface area contributed by atoms with E-state index in [9.17, 15) is 4.79 Å². The van der Waals surface area contributed by atoms with Gasteiger partial charge in [-0.15, -0.1) is 0 Å². The maximum absolute atomic E-state index is 13.8. The summed E-state index contributed by atoms with van der Waals surface area (Å²) in [6.07, 6.45) is 3.66. The van der Waals surface area contributed by atoms with E-state index in [1.54, 1.807) is 28.9 Å². The van der Waals surface area contributed by atoms with Gasteiger partial charge in [-0.2, -0.15) is 22.7 Å². The van der Waals surface area contributed by atoms with Crippen molar-refractivity contribution < 1.29 is 9.53 Å². The third kappa shape index (κ3) is 3.64. The first-order chi connectivity index (χ1) is 14.2. The van der Waals surface area contributed by atoms with Crippen molar-refractivity contribution in [2.24, 2.45) is 0 Å². The Kier molecular flexibility index (Phi) is 5.22. The van der Waals surface area contributed by atoms with Gasteiger partial charge in [0.1, 0.15) is 0 Å². The first kappa shape index (κ1) is 18.9. The number of ether oxygens (including phenoxy) is 1. The standard InChI is InChI=1S/C22H23N3O2S2/c26-21-22(27-7-6-25(21)12-18-4-9-29-15-18)16-24(11-17-3-8-28-14-17)13-20(22)19-2-1-5-23-10-19/h1-5,8-10,14-15,20H,6-7,11-13,16H2/t20-,22-/m1/s1. The van der Waals surface area contributed by atoms with Gasteiger partial charge in [0.2, 0.25) is 0 Å². The number of likely N-dealkylation sites (tertiary alicyclic amines) is 1. The number of carbonyl (C=O) groups is 1. The fourth-order valence-corrected chi connectivity index (χ4v) is 5.84. The minimum Gasteiger partial charge on any atom is -0.361 e. The van der Waals surface area contributed by atoms with E-state index in [4.69, 9.17) is 4.74 Å². The van der Waals surface area contributed by atoms with Crippen LogP contribution >= 0.6 is 22.7 Å². The number of rotatable bonds is 5. The Bertz CT molecular complexity index is 946. The highest BCUT2D eigenvalue weighted by Gasteiger charge is 2.56. The van der Waals surface area contributed by atoms with Gasteiger partial charge in [-0.3, -0.25) is 14.7 Å². The van der Waals surface area contributed by atoms with Crippen molar-refractivity contribution in [1.29, 1.82) is 0 Å². The Morgan fingerprint density at radius 2 is 1.93 bits per heavy atom. The number of hydrogen-bond acceptors (Lipinski definition) is 6. The van der Waals surface area contributed by atoms with Crippen molar-refractivity contribution in [1.82, 2.24) is 14.8 Å². The molecular formula is C22H23N3O2S2. The van der Waals surface area contributed by atoms with Crippen LogP contribution in [-0.2, 0) is 22.6 Å². The molecule has 5 nitrogen and oxygen atoms in total. The molecule has 0 aliphatic carbocycles. The molecule has 3 aromatic rings. The van der Waals surface area contributed by atoms with Crippen molar-refractivity contribution in [2.75, 3.05) is 26.2 Å². The highest BCUT2D eigenvalue weighted by molar-refractivity contribution is 7.08. The zero-order valence-corrected chi connectivity index (χ0v) is 17.7. The Hall–Kier alpha value is -2.06. The monoisotopic (exact) mass is 425 g/mol. The van der Waals surface area contributed by atoms with E-state index in [-0.39, 0.29) is 11.8 Å². The van der Waals surface area contributed by atoms with E-state index in [0.717, 1.165) is 18.7 Å². The summed E-state index contributed by atoms with van der Waals surface area (Å²) in [5.41, 5.74) is 2.71. The van der Waals surface area contributed by atoms with E-state index in [1.807, 2.05) is 17.2 Å². The molecule has 150 valence electrons. The van der Waals surface area contributed by atoms with Gasteiger partial charge in [0, 0.05) is 51.0 Å². The number of morpholine rings is 1. The van der Waals surface area contributed by atoms with Crippen LogP contribution in [0.4, 0.5) is 0 Å². The van der Waals surface area contributed by atoms with Crippen LogP contribution in [0.3, 0.4) is 0 Å². The highest BCUT2D eigenvalue weighted by atomic mass is 32.1. The smallest absolute Gasteiger partial charge is 0.257 e. The molecule has 5 heterocycles. The van der Waals surface area contributed by atoms with Crippen molar-refractivity contribution in [3.05, 3.63) is 74.9 Å². The summed E-state index contributed by atoms with van der Waals surface area (Å²) in [7, 11) is 0. The average Bonchev–Trinajstić information content (AvgIpc) is 3.49. The van der Waals surface area contributed by atoms with Gasteiger partial charge < -0.3 is 9.64 Å². The van der Waals surface area contributed by atoms with E-state index >= 15 is 0 Å². The van der Waals surface area contributed by atoms with Gasteiger partial charge in [0.25, 0.3) is 5.91 Å². The Morgan fingerprint density at radius 1 is 1.14 bits per heavy atom. The number of thiophene rings is 2. The lowest BCUT2D eigenvalue weighted by Gasteiger charge is -2.42. The van der Waals surface area contributed by atoms with E-state index in [2.05, 4.69) is 49.6 Å². The predicted molar refractivity (Wildman–Crippen MR) is 115 cm³/mol. The zero-order valence-electron chi connectivity index (χ0n) is 16.1. The minimum atomic E-state index is -0.840. The van der Waals surface area contributed by atoms with Crippen LogP contribution in [0.5, 0.6) is 0 Å². The van der Waals surface area contributed by atoms with E-state index in [0.29, 0.717) is 26.2 Å². The third-order valence-electron chi connectivity index (χ3n) is 5.86. The van der Waals surface area contributed by atoms with Crippen molar-refractivity contribution >= 4 is 28.6 Å². The van der Waals surface area contributed by atoms with Crippen LogP contribution in [0.2, 0.25) is 0 Å². The maximum atomic E-state index is 13.8. The molecule has 7 heteroatoms. The molecule has 0 aromatic carbocycles. The van der Waals surface area contributed by atoms with Crippen LogP contribution in [-0.4, -0.2) is 52.5 Å². The van der Waals surface area contributed by atoms with Crippen LogP contribution < -0.4 is 0 Å². The third-order valence-corrected chi connectivity index (χ3v) is 7.32. The van der Waals surface area contributed by atoms with Gasteiger partial charge in [-0.1, -0.05) is 6.07 Å². The molecule has 3 aromatic heterocycles. The summed E-state index contributed by atoms with van der Waals surface area (Å²) in [6.45, 7) is 4.10. The van der Waals surface area contributed by atoms with Crippen LogP contribution in [0.1, 0.15) is 22.6 Å². The maximum Gasteiger partial charge on any atom is 0.257 e. The lowest BCUT2D eigenvalue weighted by molar-refractivity contribution is -0.173. The summed E-state index contributed by atoms with van der Waals surface area (Å²) in [5.74, 6) is 0.0873. The summed E-state index contributed by atoms with van der Waals surface area (Å²) < 4.78 is 6.35. The first-order valence-corrected chi connectivity index (χ1v) is 11.7. The van der Waals surface area contributed by atoms with Crippen molar-refractivity contribution in [3.63, 3.8) is 0 Å². The molecule has 0 radical (unpaired) electrons. The largest absolute Gasteiger partial charge is 0.361 e. The number of nitrogens with zero attached hydrogens (tertiary/aromatic N) is 3. The summed E-state index contributed by atoms with van der Waals surface area (Å²) >= 11 is 3.38. The van der Waals surface area contributed by atoms with Crippen LogP contribution in [0.15, 0.2) is 58.2 Å². The van der Waals surface area contributed by atoms with Gasteiger partial charge in [0.05, 0.1) is 6.61 Å². The summed E-state index contributed by atoms with van der Waals surface area (Å²) in [6, 6.07) is 8.26. The second-order valence-corrected chi connectivity index (χ2v) is 9.30. The minimum absolute atomic E-state index is 0.0207. The number of aromatic nitrogens is 1. The van der Waals surface area contributed by atoms with E-state index in [1.165, 1.54) is 11.1 Å². The molecule has 0 N–H and O–H groups in total. The number of carbonyl (C=O) groups excluding carboxylic acids is 1. The van der Waals surface area contributed by atoms with E-state index < -0.39 is 5.60 Å². The second kappa shape index (κ2) is 7.99. The number of pyridine rings is 1. The van der Waals surface area contributed by atoms with Crippen LogP contribution in [0, 0.1) is 0 Å². The number of hydrogen-bond donors (Lipinski definition) is 0.